The van der Waals surface area contributed by atoms with E-state index in [2.05, 4.69) is 28.8 Å². The van der Waals surface area contributed by atoms with Crippen molar-refractivity contribution in [3.8, 4) is 5.75 Å². The van der Waals surface area contributed by atoms with Crippen LogP contribution in [0.2, 0.25) is 0 Å². The number of ether oxygens (including phenoxy) is 1. The highest BCUT2D eigenvalue weighted by atomic mass is 16.5. The standard InChI is InChI=1S/C19H27N3O2/c1-3-4-5-9-15-10-8-12-16(15)21-22-19(23)14-20-17-11-6-7-13-18(17)24-2/h6-7,10-11,13,20H,3-5,8-9,12,14H2,1-2H3,(H,22,23). The fraction of sp³-hybridized carbons (Fsp3) is 0.474. The first kappa shape index (κ1) is 18.0. The Balaban J connectivity index is 1.81. The third-order valence-corrected chi connectivity index (χ3v) is 4.05. The van der Waals surface area contributed by atoms with E-state index in [0.29, 0.717) is 5.75 Å². The van der Waals surface area contributed by atoms with Crippen LogP contribution < -0.4 is 15.5 Å². The van der Waals surface area contributed by atoms with Crippen molar-refractivity contribution in [2.45, 2.75) is 45.4 Å². The average molecular weight is 329 g/mol. The molecule has 24 heavy (non-hydrogen) atoms. The van der Waals surface area contributed by atoms with Crippen molar-refractivity contribution in [2.24, 2.45) is 5.10 Å². The van der Waals surface area contributed by atoms with Crippen molar-refractivity contribution in [3.05, 3.63) is 35.9 Å². The van der Waals surface area contributed by atoms with Crippen LogP contribution in [-0.4, -0.2) is 25.3 Å². The lowest BCUT2D eigenvalue weighted by Gasteiger charge is -2.10. The third-order valence-electron chi connectivity index (χ3n) is 4.05. The van der Waals surface area contributed by atoms with E-state index in [9.17, 15) is 4.79 Å². The van der Waals surface area contributed by atoms with Gasteiger partial charge in [-0.1, -0.05) is 38.0 Å². The number of unbranched alkanes of at least 4 members (excludes halogenated alkanes) is 2. The minimum atomic E-state index is -0.159. The summed E-state index contributed by atoms with van der Waals surface area (Å²) in [6.45, 7) is 2.36. The van der Waals surface area contributed by atoms with Gasteiger partial charge in [0.05, 0.1) is 25.1 Å². The molecule has 0 fully saturated rings. The summed E-state index contributed by atoms with van der Waals surface area (Å²) in [5.41, 5.74) is 5.77. The van der Waals surface area contributed by atoms with Crippen LogP contribution in [0.5, 0.6) is 5.75 Å². The van der Waals surface area contributed by atoms with E-state index in [1.54, 1.807) is 7.11 Å². The number of hydrogen-bond donors (Lipinski definition) is 2. The Hall–Kier alpha value is -2.30. The molecular weight excluding hydrogens is 302 g/mol. The van der Waals surface area contributed by atoms with Crippen molar-refractivity contribution in [3.63, 3.8) is 0 Å². The normalized spacial score (nSPS) is 15.2. The number of rotatable bonds is 9. The first-order chi connectivity index (χ1) is 11.7. The summed E-state index contributed by atoms with van der Waals surface area (Å²) in [7, 11) is 1.61. The van der Waals surface area contributed by atoms with Gasteiger partial charge in [-0.15, -0.1) is 0 Å². The number of carbonyl (C=O) groups excluding carboxylic acids is 1. The number of nitrogens with one attached hydrogen (secondary N) is 2. The minimum Gasteiger partial charge on any atom is -0.495 e. The summed E-state index contributed by atoms with van der Waals surface area (Å²) < 4.78 is 5.25. The smallest absolute Gasteiger partial charge is 0.259 e. The highest BCUT2D eigenvalue weighted by Crippen LogP contribution is 2.23. The molecular formula is C19H27N3O2. The maximum absolute atomic E-state index is 12.0. The second-order valence-corrected chi connectivity index (χ2v) is 5.87. The first-order valence-electron chi connectivity index (χ1n) is 8.66. The molecule has 1 amide bonds. The van der Waals surface area contributed by atoms with Gasteiger partial charge in [-0.2, -0.15) is 5.10 Å². The highest BCUT2D eigenvalue weighted by Gasteiger charge is 2.13. The monoisotopic (exact) mass is 329 g/mol. The van der Waals surface area contributed by atoms with Gasteiger partial charge in [-0.05, 0) is 43.4 Å². The summed E-state index contributed by atoms with van der Waals surface area (Å²) in [4.78, 5) is 12.0. The summed E-state index contributed by atoms with van der Waals surface area (Å²) in [6.07, 6.45) is 8.88. The highest BCUT2D eigenvalue weighted by molar-refractivity contribution is 6.02. The van der Waals surface area contributed by atoms with Crippen LogP contribution in [0.25, 0.3) is 0 Å². The van der Waals surface area contributed by atoms with Gasteiger partial charge in [-0.3, -0.25) is 4.79 Å². The Morgan fingerprint density at radius 1 is 1.29 bits per heavy atom. The molecule has 0 unspecified atom stereocenters. The number of carbonyl (C=O) groups is 1. The quantitative estimate of drug-likeness (QED) is 0.534. The molecule has 1 aliphatic carbocycles. The molecule has 0 spiro atoms. The predicted octanol–water partition coefficient (Wildman–Crippen LogP) is 3.88. The van der Waals surface area contributed by atoms with Gasteiger partial charge in [-0.25, -0.2) is 5.43 Å². The molecule has 0 aliphatic heterocycles. The third kappa shape index (κ3) is 5.41. The van der Waals surface area contributed by atoms with Crippen LogP contribution in [0.15, 0.2) is 41.0 Å². The maximum Gasteiger partial charge on any atom is 0.259 e. The number of anilines is 1. The SMILES string of the molecule is CCCCCC1=CCCC1=NNC(=O)CNc1ccccc1OC. The van der Waals surface area contributed by atoms with E-state index in [1.165, 1.54) is 24.8 Å². The van der Waals surface area contributed by atoms with Gasteiger partial charge < -0.3 is 10.1 Å². The largest absolute Gasteiger partial charge is 0.495 e. The van der Waals surface area contributed by atoms with Crippen molar-refractivity contribution in [1.82, 2.24) is 5.43 Å². The second-order valence-electron chi connectivity index (χ2n) is 5.87. The van der Waals surface area contributed by atoms with E-state index in [1.807, 2.05) is 24.3 Å². The summed E-state index contributed by atoms with van der Waals surface area (Å²) >= 11 is 0. The van der Waals surface area contributed by atoms with Gasteiger partial charge in [0.2, 0.25) is 0 Å². The van der Waals surface area contributed by atoms with Gasteiger partial charge in [0.15, 0.2) is 0 Å². The van der Waals surface area contributed by atoms with E-state index in [-0.39, 0.29) is 12.5 Å². The zero-order valence-corrected chi connectivity index (χ0v) is 14.6. The van der Waals surface area contributed by atoms with Crippen LogP contribution in [0, 0.1) is 0 Å². The van der Waals surface area contributed by atoms with Crippen LogP contribution in [0.3, 0.4) is 0 Å². The zero-order chi connectivity index (χ0) is 17.2. The Bertz CT molecular complexity index is 608. The maximum atomic E-state index is 12.0. The van der Waals surface area contributed by atoms with Crippen molar-refractivity contribution < 1.29 is 9.53 Å². The number of methoxy groups -OCH3 is 1. The first-order valence-corrected chi connectivity index (χ1v) is 8.66. The number of allylic oxidation sites excluding steroid dienone is 2. The lowest BCUT2D eigenvalue weighted by atomic mass is 10.1. The van der Waals surface area contributed by atoms with Crippen LogP contribution in [0.1, 0.15) is 45.4 Å². The Kier molecular flexibility index (Phi) is 7.33. The van der Waals surface area contributed by atoms with Gasteiger partial charge in [0.25, 0.3) is 5.91 Å². The molecule has 130 valence electrons. The molecule has 0 saturated carbocycles. The molecule has 1 aromatic rings. The fourth-order valence-corrected chi connectivity index (χ4v) is 2.74. The molecule has 0 bridgehead atoms. The Morgan fingerprint density at radius 2 is 2.12 bits per heavy atom. The zero-order valence-electron chi connectivity index (χ0n) is 14.6. The van der Waals surface area contributed by atoms with E-state index in [0.717, 1.165) is 30.7 Å². The van der Waals surface area contributed by atoms with Gasteiger partial charge in [0.1, 0.15) is 5.75 Å². The Morgan fingerprint density at radius 3 is 2.92 bits per heavy atom. The van der Waals surface area contributed by atoms with Crippen molar-refractivity contribution in [1.29, 1.82) is 0 Å². The van der Waals surface area contributed by atoms with Crippen LogP contribution in [0.4, 0.5) is 5.69 Å². The predicted molar refractivity (Wildman–Crippen MR) is 98.5 cm³/mol. The number of hydrogen-bond acceptors (Lipinski definition) is 4. The van der Waals surface area contributed by atoms with E-state index in [4.69, 9.17) is 4.74 Å². The fourth-order valence-electron chi connectivity index (χ4n) is 2.74. The number of amides is 1. The molecule has 1 aliphatic rings. The van der Waals surface area contributed by atoms with Crippen LogP contribution in [-0.2, 0) is 4.79 Å². The minimum absolute atomic E-state index is 0.159. The van der Waals surface area contributed by atoms with Crippen molar-refractivity contribution >= 4 is 17.3 Å². The molecule has 0 radical (unpaired) electrons. The molecule has 0 aromatic heterocycles. The summed E-state index contributed by atoms with van der Waals surface area (Å²) in [6, 6.07) is 7.52. The molecule has 5 nitrogen and oxygen atoms in total. The average Bonchev–Trinajstić information content (AvgIpc) is 3.06. The van der Waals surface area contributed by atoms with Gasteiger partial charge in [0, 0.05) is 0 Å². The molecule has 5 heteroatoms. The lowest BCUT2D eigenvalue weighted by Crippen LogP contribution is -2.27. The summed E-state index contributed by atoms with van der Waals surface area (Å²) in [5, 5.41) is 7.39. The second kappa shape index (κ2) is 9.75. The number of benzene rings is 1. The van der Waals surface area contributed by atoms with Crippen molar-refractivity contribution in [2.75, 3.05) is 19.0 Å². The van der Waals surface area contributed by atoms with Gasteiger partial charge >= 0.3 is 0 Å². The van der Waals surface area contributed by atoms with Crippen LogP contribution >= 0.6 is 0 Å². The number of nitrogens with zero attached hydrogens (tertiary/aromatic N) is 1. The van der Waals surface area contributed by atoms with E-state index >= 15 is 0 Å². The number of hydrazone groups is 1. The molecule has 2 N–H and O–H groups in total. The molecule has 1 aromatic carbocycles. The summed E-state index contributed by atoms with van der Waals surface area (Å²) in [5.74, 6) is 0.557. The number of para-hydroxylation sites is 2. The van der Waals surface area contributed by atoms with E-state index < -0.39 is 0 Å². The topological polar surface area (TPSA) is 62.7 Å². The molecule has 0 heterocycles. The Labute approximate surface area is 144 Å². The lowest BCUT2D eigenvalue weighted by molar-refractivity contribution is -0.119. The molecule has 0 saturated heterocycles. The molecule has 0 atom stereocenters. The molecule has 2 rings (SSSR count).